The van der Waals surface area contributed by atoms with Gasteiger partial charge >= 0.3 is 0 Å². The van der Waals surface area contributed by atoms with Gasteiger partial charge in [-0.25, -0.2) is 8.42 Å². The molecule has 0 spiro atoms. The van der Waals surface area contributed by atoms with Crippen molar-refractivity contribution < 1.29 is 17.9 Å². The third-order valence-corrected chi connectivity index (χ3v) is 7.58. The minimum atomic E-state index is -3.70. The molecule has 0 atom stereocenters. The van der Waals surface area contributed by atoms with E-state index in [1.165, 1.54) is 15.9 Å². The van der Waals surface area contributed by atoms with Gasteiger partial charge in [-0.1, -0.05) is 42.5 Å². The van der Waals surface area contributed by atoms with Crippen molar-refractivity contribution in [1.29, 1.82) is 0 Å². The molecule has 1 aliphatic heterocycles. The Labute approximate surface area is 189 Å². The second-order valence-electron chi connectivity index (χ2n) is 7.89. The molecule has 0 saturated carbocycles. The van der Waals surface area contributed by atoms with Crippen LogP contribution in [0.15, 0.2) is 77.7 Å². The second kappa shape index (κ2) is 9.14. The molecule has 0 N–H and O–H groups in total. The number of ether oxygens (including phenoxy) is 1. The lowest BCUT2D eigenvalue weighted by atomic mass is 10.0. The Balaban J connectivity index is 1.51. The van der Waals surface area contributed by atoms with Crippen molar-refractivity contribution in [1.82, 2.24) is 9.21 Å². The zero-order chi connectivity index (χ0) is 22.7. The maximum Gasteiger partial charge on any atom is 0.253 e. The summed E-state index contributed by atoms with van der Waals surface area (Å²) in [5, 5.41) is 0. The molecule has 0 aromatic heterocycles. The summed E-state index contributed by atoms with van der Waals surface area (Å²) in [4.78, 5) is 14.7. The Bertz CT molecular complexity index is 1220. The van der Waals surface area contributed by atoms with Crippen molar-refractivity contribution in [3.8, 4) is 5.75 Å². The van der Waals surface area contributed by atoms with Gasteiger partial charge in [0, 0.05) is 32.2 Å². The normalized spacial score (nSPS) is 13.9. The van der Waals surface area contributed by atoms with E-state index in [0.717, 1.165) is 16.9 Å². The molecule has 0 unspecified atom stereocenters. The molecule has 6 nitrogen and oxygen atoms in total. The van der Waals surface area contributed by atoms with Gasteiger partial charge < -0.3 is 9.64 Å². The Morgan fingerprint density at radius 1 is 1.00 bits per heavy atom. The Morgan fingerprint density at radius 3 is 2.44 bits per heavy atom. The number of nitrogens with zero attached hydrogens (tertiary/aromatic N) is 2. The smallest absolute Gasteiger partial charge is 0.253 e. The summed E-state index contributed by atoms with van der Waals surface area (Å²) in [6, 6.07) is 21.7. The van der Waals surface area contributed by atoms with E-state index in [1.54, 1.807) is 37.3 Å². The SMILES string of the molecule is COc1ccc(CN(C)C(=O)c2cccc(S(=O)(=O)N3CCc4ccccc4C3)c2)cc1. The first-order chi connectivity index (χ1) is 15.4. The van der Waals surface area contributed by atoms with Crippen molar-refractivity contribution in [3.05, 3.63) is 95.1 Å². The van der Waals surface area contributed by atoms with Gasteiger partial charge in [-0.15, -0.1) is 0 Å². The quantitative estimate of drug-likeness (QED) is 0.574. The fourth-order valence-corrected chi connectivity index (χ4v) is 5.38. The molecular weight excluding hydrogens is 424 g/mol. The highest BCUT2D eigenvalue weighted by atomic mass is 32.2. The molecule has 0 aliphatic carbocycles. The molecule has 3 aromatic carbocycles. The van der Waals surface area contributed by atoms with Gasteiger partial charge in [0.15, 0.2) is 0 Å². The minimum Gasteiger partial charge on any atom is -0.497 e. The molecule has 3 aromatic rings. The lowest BCUT2D eigenvalue weighted by Gasteiger charge is -2.28. The maximum absolute atomic E-state index is 13.3. The van der Waals surface area contributed by atoms with Crippen LogP contribution in [-0.4, -0.2) is 44.2 Å². The van der Waals surface area contributed by atoms with E-state index in [0.29, 0.717) is 31.6 Å². The molecule has 1 aliphatic rings. The Morgan fingerprint density at radius 2 is 1.72 bits per heavy atom. The van der Waals surface area contributed by atoms with Gasteiger partial charge in [0.25, 0.3) is 5.91 Å². The number of carbonyl (C=O) groups is 1. The van der Waals surface area contributed by atoms with Gasteiger partial charge in [-0.3, -0.25) is 4.79 Å². The fraction of sp³-hybridized carbons (Fsp3) is 0.240. The van der Waals surface area contributed by atoms with Crippen molar-refractivity contribution in [2.75, 3.05) is 20.7 Å². The third kappa shape index (κ3) is 4.54. The van der Waals surface area contributed by atoms with E-state index in [2.05, 4.69) is 0 Å². The van der Waals surface area contributed by atoms with E-state index in [1.807, 2.05) is 48.5 Å². The molecule has 0 radical (unpaired) electrons. The van der Waals surface area contributed by atoms with E-state index in [4.69, 9.17) is 4.74 Å². The summed E-state index contributed by atoms with van der Waals surface area (Å²) in [6.45, 7) is 1.17. The largest absolute Gasteiger partial charge is 0.497 e. The lowest BCUT2D eigenvalue weighted by Crippen LogP contribution is -2.36. The predicted octanol–water partition coefficient (Wildman–Crippen LogP) is 3.71. The first-order valence-electron chi connectivity index (χ1n) is 10.4. The number of carbonyl (C=O) groups excluding carboxylic acids is 1. The maximum atomic E-state index is 13.3. The van der Waals surface area contributed by atoms with Gasteiger partial charge in [0.1, 0.15) is 5.75 Å². The van der Waals surface area contributed by atoms with Crippen LogP contribution in [0.1, 0.15) is 27.0 Å². The van der Waals surface area contributed by atoms with Crippen LogP contribution in [-0.2, 0) is 29.5 Å². The summed E-state index contributed by atoms with van der Waals surface area (Å²) in [6.07, 6.45) is 0.679. The number of hydrogen-bond acceptors (Lipinski definition) is 4. The topological polar surface area (TPSA) is 66.9 Å². The number of fused-ring (bicyclic) bond motifs is 1. The third-order valence-electron chi connectivity index (χ3n) is 5.74. The van der Waals surface area contributed by atoms with Crippen LogP contribution in [0.3, 0.4) is 0 Å². The van der Waals surface area contributed by atoms with Crippen LogP contribution in [0.25, 0.3) is 0 Å². The monoisotopic (exact) mass is 450 g/mol. The standard InChI is InChI=1S/C25H26N2O4S/c1-26(17-19-10-12-23(31-2)13-11-19)25(28)21-8-5-9-24(16-21)32(29,30)27-15-14-20-6-3-4-7-22(20)18-27/h3-13,16H,14-15,17-18H2,1-2H3. The Kier molecular flexibility index (Phi) is 6.30. The van der Waals surface area contributed by atoms with Gasteiger partial charge in [-0.05, 0) is 53.4 Å². The number of sulfonamides is 1. The van der Waals surface area contributed by atoms with Crippen molar-refractivity contribution in [2.24, 2.45) is 0 Å². The molecule has 0 fully saturated rings. The van der Waals surface area contributed by atoms with Crippen LogP contribution in [0, 0.1) is 0 Å². The van der Waals surface area contributed by atoms with Gasteiger partial charge in [0.05, 0.1) is 12.0 Å². The predicted molar refractivity (Wildman–Crippen MR) is 123 cm³/mol. The van der Waals surface area contributed by atoms with E-state index in [-0.39, 0.29) is 10.8 Å². The van der Waals surface area contributed by atoms with E-state index >= 15 is 0 Å². The molecular formula is C25H26N2O4S. The minimum absolute atomic E-state index is 0.139. The Hall–Kier alpha value is -3.16. The van der Waals surface area contributed by atoms with Crippen molar-refractivity contribution in [3.63, 3.8) is 0 Å². The number of rotatable bonds is 6. The lowest BCUT2D eigenvalue weighted by molar-refractivity contribution is 0.0785. The van der Waals surface area contributed by atoms with E-state index in [9.17, 15) is 13.2 Å². The zero-order valence-electron chi connectivity index (χ0n) is 18.2. The second-order valence-corrected chi connectivity index (χ2v) is 9.83. The summed E-state index contributed by atoms with van der Waals surface area (Å²) in [5.41, 5.74) is 3.51. The first-order valence-corrected chi connectivity index (χ1v) is 11.9. The average Bonchev–Trinajstić information content (AvgIpc) is 2.83. The average molecular weight is 451 g/mol. The summed E-state index contributed by atoms with van der Waals surface area (Å²) in [5.74, 6) is 0.517. The van der Waals surface area contributed by atoms with E-state index < -0.39 is 10.0 Å². The van der Waals surface area contributed by atoms with Crippen molar-refractivity contribution >= 4 is 15.9 Å². The van der Waals surface area contributed by atoms with Crippen LogP contribution in [0.5, 0.6) is 5.75 Å². The molecule has 0 saturated heterocycles. The molecule has 166 valence electrons. The highest BCUT2D eigenvalue weighted by Crippen LogP contribution is 2.25. The number of hydrogen-bond donors (Lipinski definition) is 0. The molecule has 1 amide bonds. The van der Waals surface area contributed by atoms with Crippen LogP contribution < -0.4 is 4.74 Å². The molecule has 7 heteroatoms. The van der Waals surface area contributed by atoms with Crippen LogP contribution in [0.4, 0.5) is 0 Å². The number of amides is 1. The van der Waals surface area contributed by atoms with Crippen LogP contribution >= 0.6 is 0 Å². The number of methoxy groups -OCH3 is 1. The van der Waals surface area contributed by atoms with Crippen molar-refractivity contribution in [2.45, 2.75) is 24.4 Å². The first kappa shape index (κ1) is 22.0. The highest BCUT2D eigenvalue weighted by molar-refractivity contribution is 7.89. The molecule has 1 heterocycles. The van der Waals surface area contributed by atoms with Gasteiger partial charge in [-0.2, -0.15) is 4.31 Å². The highest BCUT2D eigenvalue weighted by Gasteiger charge is 2.29. The number of benzene rings is 3. The zero-order valence-corrected chi connectivity index (χ0v) is 19.0. The summed E-state index contributed by atoms with van der Waals surface area (Å²) < 4.78 is 33.2. The van der Waals surface area contributed by atoms with Gasteiger partial charge in [0.2, 0.25) is 10.0 Å². The summed E-state index contributed by atoms with van der Waals surface area (Å²) in [7, 11) is -0.395. The summed E-state index contributed by atoms with van der Waals surface area (Å²) >= 11 is 0. The van der Waals surface area contributed by atoms with Crippen LogP contribution in [0.2, 0.25) is 0 Å². The molecule has 4 rings (SSSR count). The molecule has 32 heavy (non-hydrogen) atoms. The fourth-order valence-electron chi connectivity index (χ4n) is 3.91. The molecule has 0 bridgehead atoms.